The molecule has 2 aliphatic carbocycles. The zero-order valence-corrected chi connectivity index (χ0v) is 18.0. The van der Waals surface area contributed by atoms with Crippen molar-refractivity contribution >= 4 is 17.7 Å². The van der Waals surface area contributed by atoms with Gasteiger partial charge in [0, 0.05) is 43.5 Å². The minimum Gasteiger partial charge on any atom is -0.379 e. The Morgan fingerprint density at radius 2 is 1.93 bits per heavy atom. The maximum Gasteiger partial charge on any atom is 0.348 e. The number of amides is 1. The molecule has 1 aliphatic heterocycles. The highest BCUT2D eigenvalue weighted by atomic mass is 32.2. The smallest absolute Gasteiger partial charge is 0.348 e. The van der Waals surface area contributed by atoms with Crippen LogP contribution in [0.5, 0.6) is 0 Å². The third-order valence-corrected chi connectivity index (χ3v) is 7.24. The molecule has 1 N–H and O–H groups in total. The normalized spacial score (nSPS) is 20.1. The third kappa shape index (κ3) is 5.41. The van der Waals surface area contributed by atoms with Gasteiger partial charge in [-0.3, -0.25) is 14.3 Å². The highest BCUT2D eigenvalue weighted by Gasteiger charge is 2.23. The molecule has 1 saturated carbocycles. The largest absolute Gasteiger partial charge is 0.379 e. The Morgan fingerprint density at radius 1 is 1.14 bits per heavy atom. The van der Waals surface area contributed by atoms with Crippen molar-refractivity contribution in [1.29, 1.82) is 0 Å². The predicted octanol–water partition coefficient (Wildman–Crippen LogP) is 1.61. The highest BCUT2D eigenvalue weighted by molar-refractivity contribution is 7.99. The fraction of sp³-hybridized carbons (Fsp3) is 0.762. The Bertz CT molecular complexity index is 770. The number of aromatic nitrogens is 2. The highest BCUT2D eigenvalue weighted by Crippen LogP contribution is 2.29. The van der Waals surface area contributed by atoms with E-state index in [1.165, 1.54) is 30.2 Å². The summed E-state index contributed by atoms with van der Waals surface area (Å²) >= 11 is 1.43. The molecular formula is C21H32N4O3S. The lowest BCUT2D eigenvalue weighted by molar-refractivity contribution is -0.119. The van der Waals surface area contributed by atoms with E-state index in [0.717, 1.165) is 88.6 Å². The van der Waals surface area contributed by atoms with Gasteiger partial charge in [-0.25, -0.2) is 4.79 Å². The first-order valence-electron chi connectivity index (χ1n) is 11.1. The first-order chi connectivity index (χ1) is 14.2. The molecule has 2 fully saturated rings. The molecule has 160 valence electrons. The van der Waals surface area contributed by atoms with Gasteiger partial charge in [0.1, 0.15) is 5.03 Å². The minimum atomic E-state index is -0.161. The lowest BCUT2D eigenvalue weighted by Gasteiger charge is -2.26. The molecule has 8 heteroatoms. The van der Waals surface area contributed by atoms with Gasteiger partial charge in [-0.15, -0.1) is 0 Å². The zero-order chi connectivity index (χ0) is 20.1. The van der Waals surface area contributed by atoms with Crippen LogP contribution in [0.2, 0.25) is 0 Å². The van der Waals surface area contributed by atoms with E-state index >= 15 is 0 Å². The molecule has 0 bridgehead atoms. The molecule has 0 unspecified atom stereocenters. The third-order valence-electron chi connectivity index (χ3n) is 6.22. The van der Waals surface area contributed by atoms with Gasteiger partial charge in [-0.2, -0.15) is 4.98 Å². The van der Waals surface area contributed by atoms with E-state index in [1.807, 2.05) is 4.57 Å². The summed E-state index contributed by atoms with van der Waals surface area (Å²) in [5.74, 6) is 0.404. The Morgan fingerprint density at radius 3 is 2.72 bits per heavy atom. The Labute approximate surface area is 176 Å². The maximum absolute atomic E-state index is 12.7. The van der Waals surface area contributed by atoms with Gasteiger partial charge in [0.05, 0.1) is 19.0 Å². The van der Waals surface area contributed by atoms with Crippen LogP contribution in [0.1, 0.15) is 49.8 Å². The van der Waals surface area contributed by atoms with Crippen molar-refractivity contribution in [3.05, 3.63) is 21.7 Å². The van der Waals surface area contributed by atoms with Crippen molar-refractivity contribution in [2.24, 2.45) is 0 Å². The van der Waals surface area contributed by atoms with E-state index in [1.54, 1.807) is 0 Å². The number of hydrogen-bond donors (Lipinski definition) is 1. The van der Waals surface area contributed by atoms with E-state index < -0.39 is 0 Å². The quantitative estimate of drug-likeness (QED) is 0.509. The molecule has 29 heavy (non-hydrogen) atoms. The number of carbonyl (C=O) groups is 1. The second-order valence-corrected chi connectivity index (χ2v) is 9.24. The molecule has 0 atom stereocenters. The summed E-state index contributed by atoms with van der Waals surface area (Å²) < 4.78 is 7.28. The van der Waals surface area contributed by atoms with E-state index in [9.17, 15) is 9.59 Å². The van der Waals surface area contributed by atoms with Crippen LogP contribution in [-0.2, 0) is 28.9 Å². The molecule has 1 aromatic rings. The van der Waals surface area contributed by atoms with Crippen LogP contribution in [0.25, 0.3) is 0 Å². The molecule has 0 aromatic carbocycles. The number of nitrogens with one attached hydrogen (secondary N) is 1. The molecule has 4 rings (SSSR count). The first-order valence-corrected chi connectivity index (χ1v) is 12.0. The van der Waals surface area contributed by atoms with Crippen LogP contribution >= 0.6 is 11.8 Å². The van der Waals surface area contributed by atoms with E-state index in [2.05, 4.69) is 15.2 Å². The second kappa shape index (κ2) is 10.1. The summed E-state index contributed by atoms with van der Waals surface area (Å²) in [5, 5.41) is 3.89. The van der Waals surface area contributed by atoms with E-state index in [0.29, 0.717) is 11.8 Å². The number of nitrogens with zero attached hydrogens (tertiary/aromatic N) is 3. The predicted molar refractivity (Wildman–Crippen MR) is 114 cm³/mol. The number of thioether (sulfide) groups is 1. The lowest BCUT2D eigenvalue weighted by Crippen LogP contribution is -2.37. The van der Waals surface area contributed by atoms with Gasteiger partial charge >= 0.3 is 5.69 Å². The minimum absolute atomic E-state index is 0.0603. The van der Waals surface area contributed by atoms with Crippen molar-refractivity contribution in [1.82, 2.24) is 19.8 Å². The van der Waals surface area contributed by atoms with Crippen molar-refractivity contribution < 1.29 is 9.53 Å². The van der Waals surface area contributed by atoms with Crippen LogP contribution in [-0.4, -0.2) is 65.0 Å². The van der Waals surface area contributed by atoms with Gasteiger partial charge in [-0.05, 0) is 38.5 Å². The van der Waals surface area contributed by atoms with Gasteiger partial charge < -0.3 is 10.1 Å². The van der Waals surface area contributed by atoms with Gasteiger partial charge in [0.25, 0.3) is 0 Å². The van der Waals surface area contributed by atoms with Crippen molar-refractivity contribution in [2.45, 2.75) is 69.0 Å². The number of hydrogen-bond acceptors (Lipinski definition) is 6. The zero-order valence-electron chi connectivity index (χ0n) is 17.2. The molecular weight excluding hydrogens is 388 g/mol. The van der Waals surface area contributed by atoms with Crippen LogP contribution in [0.3, 0.4) is 0 Å². The fourth-order valence-electron chi connectivity index (χ4n) is 4.69. The summed E-state index contributed by atoms with van der Waals surface area (Å²) in [6, 6.07) is 0.334. The topological polar surface area (TPSA) is 76.5 Å². The molecule has 0 radical (unpaired) electrons. The van der Waals surface area contributed by atoms with Crippen molar-refractivity contribution in [2.75, 3.05) is 38.6 Å². The van der Waals surface area contributed by atoms with Crippen LogP contribution < -0.4 is 11.0 Å². The molecule has 1 amide bonds. The van der Waals surface area contributed by atoms with Crippen molar-refractivity contribution in [3.63, 3.8) is 0 Å². The molecule has 1 aromatic heterocycles. The molecule has 7 nitrogen and oxygen atoms in total. The number of fused-ring (bicyclic) bond motifs is 1. The van der Waals surface area contributed by atoms with Crippen LogP contribution in [0.4, 0.5) is 0 Å². The van der Waals surface area contributed by atoms with Gasteiger partial charge in [0.15, 0.2) is 0 Å². The Hall–Kier alpha value is -1.38. The average Bonchev–Trinajstić information content (AvgIpc) is 3.41. The van der Waals surface area contributed by atoms with E-state index in [4.69, 9.17) is 4.74 Å². The number of carbonyl (C=O) groups excluding carboxylic acids is 1. The monoisotopic (exact) mass is 420 g/mol. The molecule has 1 saturated heterocycles. The standard InChI is InChI=1S/C21H32N4O3S/c26-19(22-16-5-1-2-6-16)15-29-20-17-7-3-8-18(17)25(21(27)23-20)10-4-9-24-11-13-28-14-12-24/h16H,1-15H2,(H,22,26). The maximum atomic E-state index is 12.7. The summed E-state index contributed by atoms with van der Waals surface area (Å²) in [6.07, 6.45) is 8.49. The number of rotatable bonds is 8. The summed E-state index contributed by atoms with van der Waals surface area (Å²) in [7, 11) is 0. The van der Waals surface area contributed by atoms with Gasteiger partial charge in [0.2, 0.25) is 5.91 Å². The molecule has 2 heterocycles. The summed E-state index contributed by atoms with van der Waals surface area (Å²) in [6.45, 7) is 5.27. The van der Waals surface area contributed by atoms with Gasteiger partial charge in [-0.1, -0.05) is 24.6 Å². The lowest BCUT2D eigenvalue weighted by atomic mass is 10.2. The Kier molecular flexibility index (Phi) is 7.26. The number of morpholine rings is 1. The fourth-order valence-corrected chi connectivity index (χ4v) is 5.57. The molecule has 3 aliphatic rings. The number of ether oxygens (including phenoxy) is 1. The molecule has 0 spiro atoms. The van der Waals surface area contributed by atoms with E-state index in [-0.39, 0.29) is 11.6 Å². The second-order valence-electron chi connectivity index (χ2n) is 8.28. The summed E-state index contributed by atoms with van der Waals surface area (Å²) in [5.41, 5.74) is 2.17. The summed E-state index contributed by atoms with van der Waals surface area (Å²) in [4.78, 5) is 31.7. The first kappa shape index (κ1) is 20.9. The van der Waals surface area contributed by atoms with Crippen molar-refractivity contribution in [3.8, 4) is 0 Å². The SMILES string of the molecule is O=C(CSc1nc(=O)n(CCCN2CCOCC2)c2c1CCC2)NC1CCCC1. The average molecular weight is 421 g/mol. The Balaban J connectivity index is 1.35. The van der Waals surface area contributed by atoms with Crippen LogP contribution in [0.15, 0.2) is 9.82 Å². The van der Waals surface area contributed by atoms with Crippen LogP contribution in [0, 0.1) is 0 Å².